The molecule has 140 valence electrons. The van der Waals surface area contributed by atoms with Crippen LogP contribution in [0.15, 0.2) is 41.3 Å². The molecule has 0 saturated carbocycles. The van der Waals surface area contributed by atoms with Crippen LogP contribution in [0.1, 0.15) is 43.9 Å². The van der Waals surface area contributed by atoms with E-state index in [-0.39, 0.29) is 5.41 Å². The summed E-state index contributed by atoms with van der Waals surface area (Å²) >= 11 is 8.03. The van der Waals surface area contributed by atoms with E-state index < -0.39 is 5.60 Å². The van der Waals surface area contributed by atoms with Crippen LogP contribution in [0.25, 0.3) is 0 Å². The summed E-state index contributed by atoms with van der Waals surface area (Å²) in [6.07, 6.45) is 1.54. The van der Waals surface area contributed by atoms with Crippen molar-refractivity contribution in [2.75, 3.05) is 12.4 Å². The van der Waals surface area contributed by atoms with Gasteiger partial charge in [0, 0.05) is 27.7 Å². The van der Waals surface area contributed by atoms with Gasteiger partial charge in [0.1, 0.15) is 5.75 Å². The van der Waals surface area contributed by atoms with E-state index in [1.54, 1.807) is 11.8 Å². The van der Waals surface area contributed by atoms with E-state index in [0.717, 1.165) is 22.8 Å². The van der Waals surface area contributed by atoms with Crippen LogP contribution in [0.2, 0.25) is 5.02 Å². The largest absolute Gasteiger partial charge is 0.493 e. The molecule has 2 nitrogen and oxygen atoms in total. The maximum absolute atomic E-state index is 11.1. The first-order valence-corrected chi connectivity index (χ1v) is 10.4. The molecule has 0 saturated heterocycles. The smallest absolute Gasteiger partial charge is 0.126 e. The molecule has 1 heterocycles. The van der Waals surface area contributed by atoms with Gasteiger partial charge in [-0.3, -0.25) is 0 Å². The van der Waals surface area contributed by atoms with Crippen molar-refractivity contribution in [1.82, 2.24) is 0 Å². The molecule has 1 aliphatic heterocycles. The molecule has 0 radical (unpaired) electrons. The summed E-state index contributed by atoms with van der Waals surface area (Å²) < 4.78 is 5.88. The minimum Gasteiger partial charge on any atom is -0.493 e. The summed E-state index contributed by atoms with van der Waals surface area (Å²) in [5.74, 6) is 1.60. The normalized spacial score (nSPS) is 16.1. The van der Waals surface area contributed by atoms with Crippen LogP contribution in [-0.2, 0) is 11.8 Å². The molecule has 0 aliphatic carbocycles. The molecular formula is C22H27ClO2S. The van der Waals surface area contributed by atoms with Gasteiger partial charge in [0.05, 0.1) is 12.2 Å². The van der Waals surface area contributed by atoms with Crippen LogP contribution >= 0.6 is 23.4 Å². The minimum atomic E-state index is -0.799. The number of fused-ring (bicyclic) bond motifs is 1. The molecule has 0 aromatic heterocycles. The van der Waals surface area contributed by atoms with E-state index in [2.05, 4.69) is 45.0 Å². The van der Waals surface area contributed by atoms with E-state index in [1.807, 2.05) is 19.1 Å². The zero-order valence-corrected chi connectivity index (χ0v) is 17.5. The Hall–Kier alpha value is -1.16. The Morgan fingerprint density at radius 2 is 1.85 bits per heavy atom. The summed E-state index contributed by atoms with van der Waals surface area (Å²) in [6, 6.07) is 12.4. The molecule has 1 atom stereocenters. The van der Waals surface area contributed by atoms with Gasteiger partial charge in [0.25, 0.3) is 0 Å². The third-order valence-corrected chi connectivity index (χ3v) is 6.46. The van der Waals surface area contributed by atoms with Crippen molar-refractivity contribution in [1.29, 1.82) is 0 Å². The highest BCUT2D eigenvalue weighted by Gasteiger charge is 2.35. The fourth-order valence-corrected chi connectivity index (χ4v) is 4.89. The Balaban J connectivity index is 1.74. The lowest BCUT2D eigenvalue weighted by Crippen LogP contribution is -2.36. The number of thioether (sulfide) groups is 1. The summed E-state index contributed by atoms with van der Waals surface area (Å²) in [6.45, 7) is 9.02. The van der Waals surface area contributed by atoms with Crippen LogP contribution in [0.5, 0.6) is 5.75 Å². The Kier molecular flexibility index (Phi) is 5.62. The van der Waals surface area contributed by atoms with Crippen molar-refractivity contribution in [3.8, 4) is 5.75 Å². The highest BCUT2D eigenvalue weighted by atomic mass is 35.5. The molecule has 1 N–H and O–H groups in total. The molecule has 0 fully saturated rings. The number of aliphatic hydroxyl groups is 1. The van der Waals surface area contributed by atoms with Crippen LogP contribution < -0.4 is 4.74 Å². The van der Waals surface area contributed by atoms with E-state index in [0.29, 0.717) is 18.8 Å². The molecule has 26 heavy (non-hydrogen) atoms. The minimum absolute atomic E-state index is 0.239. The number of aryl methyl sites for hydroxylation is 1. The zero-order valence-electron chi connectivity index (χ0n) is 15.9. The quantitative estimate of drug-likeness (QED) is 0.632. The van der Waals surface area contributed by atoms with Crippen LogP contribution in [0, 0.1) is 6.92 Å². The molecular weight excluding hydrogens is 364 g/mol. The first-order valence-electron chi connectivity index (χ1n) is 9.04. The second-order valence-electron chi connectivity index (χ2n) is 8.20. The third-order valence-electron chi connectivity index (χ3n) is 4.87. The van der Waals surface area contributed by atoms with Crippen molar-refractivity contribution in [3.05, 3.63) is 58.1 Å². The Morgan fingerprint density at radius 1 is 1.15 bits per heavy atom. The number of halogens is 1. The summed E-state index contributed by atoms with van der Waals surface area (Å²) in [5.41, 5.74) is 2.48. The van der Waals surface area contributed by atoms with Gasteiger partial charge in [-0.1, -0.05) is 43.1 Å². The first-order chi connectivity index (χ1) is 12.2. The Morgan fingerprint density at radius 3 is 2.54 bits per heavy atom. The molecule has 0 spiro atoms. The highest BCUT2D eigenvalue weighted by molar-refractivity contribution is 7.99. The SMILES string of the molecule is Cc1ccc(SC[C@](C)(O)CC(C)(C)c2cc(Cl)cc3c2OCC3)cc1. The predicted molar refractivity (Wildman–Crippen MR) is 111 cm³/mol. The van der Waals surface area contributed by atoms with Gasteiger partial charge in [0.15, 0.2) is 0 Å². The van der Waals surface area contributed by atoms with Crippen molar-refractivity contribution in [2.45, 2.75) is 56.4 Å². The molecule has 2 aromatic carbocycles. The second kappa shape index (κ2) is 7.46. The molecule has 0 unspecified atom stereocenters. The maximum Gasteiger partial charge on any atom is 0.126 e. The molecule has 0 bridgehead atoms. The van der Waals surface area contributed by atoms with Gasteiger partial charge in [0.2, 0.25) is 0 Å². The van der Waals surface area contributed by atoms with E-state index in [9.17, 15) is 5.11 Å². The van der Waals surface area contributed by atoms with E-state index in [4.69, 9.17) is 16.3 Å². The fraction of sp³-hybridized carbons (Fsp3) is 0.455. The van der Waals surface area contributed by atoms with E-state index >= 15 is 0 Å². The Bertz CT molecular complexity index is 781. The van der Waals surface area contributed by atoms with Crippen LogP contribution in [0.4, 0.5) is 0 Å². The number of hydrogen-bond donors (Lipinski definition) is 1. The molecule has 2 aromatic rings. The van der Waals surface area contributed by atoms with Gasteiger partial charge in [-0.05, 0) is 55.5 Å². The average Bonchev–Trinajstić information content (AvgIpc) is 3.00. The fourth-order valence-electron chi connectivity index (χ4n) is 3.74. The summed E-state index contributed by atoms with van der Waals surface area (Å²) in [5, 5.41) is 11.8. The standard InChI is InChI=1S/C22H27ClO2S/c1-15-5-7-18(8-6-15)26-14-22(4,24)13-21(2,3)19-12-17(23)11-16-9-10-25-20(16)19/h5-8,11-12,24H,9-10,13-14H2,1-4H3/t22-/m1/s1. The van der Waals surface area contributed by atoms with Crippen molar-refractivity contribution in [2.24, 2.45) is 0 Å². The third kappa shape index (κ3) is 4.57. The number of rotatable bonds is 6. The predicted octanol–water partition coefficient (Wildman–Crippen LogP) is 5.79. The average molecular weight is 391 g/mol. The summed E-state index contributed by atoms with van der Waals surface area (Å²) in [7, 11) is 0. The van der Waals surface area contributed by atoms with E-state index in [1.165, 1.54) is 16.0 Å². The van der Waals surface area contributed by atoms with Crippen molar-refractivity contribution < 1.29 is 9.84 Å². The monoisotopic (exact) mass is 390 g/mol. The van der Waals surface area contributed by atoms with Gasteiger partial charge in [-0.25, -0.2) is 0 Å². The lowest BCUT2D eigenvalue weighted by atomic mass is 9.75. The number of hydrogen-bond acceptors (Lipinski definition) is 3. The number of ether oxygens (including phenoxy) is 1. The van der Waals surface area contributed by atoms with Crippen LogP contribution in [0.3, 0.4) is 0 Å². The lowest BCUT2D eigenvalue weighted by Gasteiger charge is -2.35. The molecule has 3 rings (SSSR count). The van der Waals surface area contributed by atoms with Gasteiger partial charge >= 0.3 is 0 Å². The summed E-state index contributed by atoms with van der Waals surface area (Å²) in [4.78, 5) is 1.18. The maximum atomic E-state index is 11.1. The van der Waals surface area contributed by atoms with Gasteiger partial charge in [-0.15, -0.1) is 11.8 Å². The molecule has 4 heteroatoms. The lowest BCUT2D eigenvalue weighted by molar-refractivity contribution is 0.0544. The molecule has 1 aliphatic rings. The topological polar surface area (TPSA) is 29.5 Å². The highest BCUT2D eigenvalue weighted by Crippen LogP contribution is 2.43. The van der Waals surface area contributed by atoms with Crippen LogP contribution in [-0.4, -0.2) is 23.1 Å². The molecule has 0 amide bonds. The van der Waals surface area contributed by atoms with Gasteiger partial charge in [-0.2, -0.15) is 0 Å². The Labute approximate surface area is 165 Å². The zero-order chi connectivity index (χ0) is 18.9. The number of benzene rings is 2. The van der Waals surface area contributed by atoms with Crippen molar-refractivity contribution >= 4 is 23.4 Å². The second-order valence-corrected chi connectivity index (χ2v) is 9.68. The van der Waals surface area contributed by atoms with Crippen molar-refractivity contribution in [3.63, 3.8) is 0 Å². The van der Waals surface area contributed by atoms with Gasteiger partial charge < -0.3 is 9.84 Å². The first kappa shape index (κ1) is 19.6.